The monoisotopic (exact) mass is 478 g/mol. The maximum Gasteiger partial charge on any atom is 0.326 e. The van der Waals surface area contributed by atoms with Gasteiger partial charge in [-0.15, -0.1) is 0 Å². The summed E-state index contributed by atoms with van der Waals surface area (Å²) in [5.41, 5.74) is 6.61. The number of hydrogen-bond acceptors (Lipinski definition) is 6. The standard InChI is InChI=1S/C24H38N4O6/c1-12(2)18(25)22(31)26-17(11-15-7-9-16(29)10-8-15)21(30)27-19(13(3)4)23(32)28-20(14(5)6)24(33)34/h7-10,12-14,17-20,29H,11,25H2,1-6H3,(H,26,31)(H,27,30)(H,28,32)(H,33,34)/t17-,18-,19-,20-/m0/s1. The van der Waals surface area contributed by atoms with Crippen LogP contribution < -0.4 is 21.7 Å². The molecule has 190 valence electrons. The van der Waals surface area contributed by atoms with Crippen molar-refractivity contribution in [3.63, 3.8) is 0 Å². The van der Waals surface area contributed by atoms with E-state index in [2.05, 4.69) is 16.0 Å². The minimum atomic E-state index is -1.17. The van der Waals surface area contributed by atoms with Crippen molar-refractivity contribution >= 4 is 23.7 Å². The second-order valence-corrected chi connectivity index (χ2v) is 9.50. The summed E-state index contributed by atoms with van der Waals surface area (Å²) in [5, 5.41) is 26.7. The zero-order valence-electron chi connectivity index (χ0n) is 20.7. The molecule has 10 nitrogen and oxygen atoms in total. The van der Waals surface area contributed by atoms with Crippen LogP contribution in [0.2, 0.25) is 0 Å². The first-order valence-electron chi connectivity index (χ1n) is 11.4. The maximum absolute atomic E-state index is 13.2. The fraction of sp³-hybridized carbons (Fsp3) is 0.583. The zero-order valence-corrected chi connectivity index (χ0v) is 20.7. The number of rotatable bonds is 12. The molecule has 4 atom stereocenters. The molecule has 0 aliphatic heterocycles. The minimum absolute atomic E-state index is 0.0605. The number of carboxylic acids is 1. The quantitative estimate of drug-likeness (QED) is 0.257. The molecule has 0 aliphatic rings. The van der Waals surface area contributed by atoms with Gasteiger partial charge in [0.05, 0.1) is 6.04 Å². The van der Waals surface area contributed by atoms with E-state index >= 15 is 0 Å². The number of carbonyl (C=O) groups excluding carboxylic acids is 3. The Balaban J connectivity index is 3.11. The highest BCUT2D eigenvalue weighted by Crippen LogP contribution is 2.13. The average molecular weight is 479 g/mol. The summed E-state index contributed by atoms with van der Waals surface area (Å²) in [6.45, 7) is 10.3. The van der Waals surface area contributed by atoms with E-state index in [1.807, 2.05) is 0 Å². The van der Waals surface area contributed by atoms with Crippen LogP contribution in [-0.4, -0.2) is 58.1 Å². The molecule has 7 N–H and O–H groups in total. The van der Waals surface area contributed by atoms with E-state index in [9.17, 15) is 29.4 Å². The number of nitrogens with two attached hydrogens (primary N) is 1. The summed E-state index contributed by atoms with van der Waals surface area (Å²) in [5.74, 6) is -3.72. The van der Waals surface area contributed by atoms with Gasteiger partial charge in [-0.25, -0.2) is 4.79 Å². The van der Waals surface area contributed by atoms with Gasteiger partial charge in [0.1, 0.15) is 23.9 Å². The highest BCUT2D eigenvalue weighted by Gasteiger charge is 2.33. The van der Waals surface area contributed by atoms with Crippen molar-refractivity contribution in [2.45, 2.75) is 72.1 Å². The number of amides is 3. The Morgan fingerprint density at radius 1 is 0.765 bits per heavy atom. The number of carbonyl (C=O) groups is 4. The molecule has 0 saturated heterocycles. The summed E-state index contributed by atoms with van der Waals surface area (Å²) in [4.78, 5) is 50.1. The minimum Gasteiger partial charge on any atom is -0.508 e. The third-order valence-electron chi connectivity index (χ3n) is 5.51. The van der Waals surface area contributed by atoms with Crippen LogP contribution in [0, 0.1) is 17.8 Å². The Labute approximate surface area is 200 Å². The molecule has 3 amide bonds. The Morgan fingerprint density at radius 3 is 1.71 bits per heavy atom. The molecule has 0 heterocycles. The number of aliphatic carboxylic acids is 1. The lowest BCUT2D eigenvalue weighted by molar-refractivity contribution is -0.143. The summed E-state index contributed by atoms with van der Waals surface area (Å²) in [6.07, 6.45) is 0.0961. The van der Waals surface area contributed by atoms with E-state index in [4.69, 9.17) is 5.73 Å². The van der Waals surface area contributed by atoms with Gasteiger partial charge in [0.2, 0.25) is 17.7 Å². The molecule has 34 heavy (non-hydrogen) atoms. The molecular weight excluding hydrogens is 440 g/mol. The van der Waals surface area contributed by atoms with Gasteiger partial charge in [-0.05, 0) is 35.4 Å². The SMILES string of the molecule is CC(C)[C@H](N)C(=O)N[C@@H](Cc1ccc(O)cc1)C(=O)N[C@H](C(=O)N[C@H](C(=O)O)C(C)C)C(C)C. The first kappa shape index (κ1) is 28.9. The smallest absolute Gasteiger partial charge is 0.326 e. The molecule has 0 saturated carbocycles. The Morgan fingerprint density at radius 2 is 1.26 bits per heavy atom. The lowest BCUT2D eigenvalue weighted by Gasteiger charge is -2.28. The lowest BCUT2D eigenvalue weighted by Crippen LogP contribution is -2.59. The van der Waals surface area contributed by atoms with Crippen molar-refractivity contribution in [3.8, 4) is 5.75 Å². The topological polar surface area (TPSA) is 171 Å². The molecule has 0 unspecified atom stereocenters. The van der Waals surface area contributed by atoms with Crippen molar-refractivity contribution in [2.24, 2.45) is 23.5 Å². The number of nitrogens with one attached hydrogen (secondary N) is 3. The van der Waals surface area contributed by atoms with Crippen molar-refractivity contribution in [1.82, 2.24) is 16.0 Å². The van der Waals surface area contributed by atoms with Gasteiger partial charge in [-0.3, -0.25) is 14.4 Å². The fourth-order valence-corrected chi connectivity index (χ4v) is 3.19. The molecule has 0 fully saturated rings. The first-order valence-corrected chi connectivity index (χ1v) is 11.4. The molecule has 10 heteroatoms. The molecule has 0 aliphatic carbocycles. The van der Waals surface area contributed by atoms with E-state index in [0.29, 0.717) is 5.56 Å². The Bertz CT molecular complexity index is 854. The van der Waals surface area contributed by atoms with Gasteiger partial charge in [0.15, 0.2) is 0 Å². The number of hydrogen-bond donors (Lipinski definition) is 6. The molecule has 1 rings (SSSR count). The van der Waals surface area contributed by atoms with Gasteiger partial charge in [0.25, 0.3) is 0 Å². The zero-order chi connectivity index (χ0) is 26.2. The van der Waals surface area contributed by atoms with Gasteiger partial charge in [0, 0.05) is 6.42 Å². The van der Waals surface area contributed by atoms with Crippen LogP contribution in [0.1, 0.15) is 47.1 Å². The van der Waals surface area contributed by atoms with Crippen molar-refractivity contribution in [1.29, 1.82) is 0 Å². The third-order valence-corrected chi connectivity index (χ3v) is 5.51. The van der Waals surface area contributed by atoms with Crippen LogP contribution in [0.15, 0.2) is 24.3 Å². The second kappa shape index (κ2) is 12.9. The van der Waals surface area contributed by atoms with Crippen molar-refractivity contribution < 1.29 is 29.4 Å². The van der Waals surface area contributed by atoms with E-state index in [-0.39, 0.29) is 29.9 Å². The molecule has 0 radical (unpaired) electrons. The summed E-state index contributed by atoms with van der Waals surface area (Å²) < 4.78 is 0. The normalized spacial score (nSPS) is 14.9. The number of aromatic hydroxyl groups is 1. The van der Waals surface area contributed by atoms with Gasteiger partial charge >= 0.3 is 5.97 Å². The van der Waals surface area contributed by atoms with E-state index in [1.165, 1.54) is 12.1 Å². The molecule has 0 aromatic heterocycles. The molecular formula is C24H38N4O6. The van der Waals surface area contributed by atoms with E-state index in [1.54, 1.807) is 53.7 Å². The van der Waals surface area contributed by atoms with Crippen LogP contribution in [0.3, 0.4) is 0 Å². The largest absolute Gasteiger partial charge is 0.508 e. The molecule has 0 spiro atoms. The molecule has 1 aromatic rings. The second-order valence-electron chi connectivity index (χ2n) is 9.50. The Kier molecular flexibility index (Phi) is 11.0. The predicted octanol–water partition coefficient (Wildman–Crippen LogP) is 0.769. The number of carboxylic acid groups (broad SMARTS) is 1. The van der Waals surface area contributed by atoms with Crippen LogP contribution in [-0.2, 0) is 25.6 Å². The van der Waals surface area contributed by atoms with E-state index in [0.717, 1.165) is 0 Å². The average Bonchev–Trinajstić information content (AvgIpc) is 2.74. The van der Waals surface area contributed by atoms with Gasteiger partial charge in [-0.2, -0.15) is 0 Å². The van der Waals surface area contributed by atoms with Crippen LogP contribution in [0.25, 0.3) is 0 Å². The third kappa shape index (κ3) is 8.66. The van der Waals surface area contributed by atoms with Crippen molar-refractivity contribution in [2.75, 3.05) is 0 Å². The van der Waals surface area contributed by atoms with Crippen molar-refractivity contribution in [3.05, 3.63) is 29.8 Å². The summed E-state index contributed by atoms with van der Waals surface area (Å²) in [6, 6.07) is 2.17. The Hall–Kier alpha value is -3.14. The maximum atomic E-state index is 13.2. The molecule has 1 aromatic carbocycles. The summed E-state index contributed by atoms with van der Waals surface area (Å²) >= 11 is 0. The number of phenolic OH excluding ortho intramolecular Hbond substituents is 1. The number of phenols is 1. The first-order chi connectivity index (χ1) is 15.7. The van der Waals surface area contributed by atoms with Gasteiger partial charge in [-0.1, -0.05) is 53.7 Å². The van der Waals surface area contributed by atoms with Crippen LogP contribution in [0.4, 0.5) is 0 Å². The lowest BCUT2D eigenvalue weighted by atomic mass is 9.98. The van der Waals surface area contributed by atoms with Crippen LogP contribution in [0.5, 0.6) is 5.75 Å². The van der Waals surface area contributed by atoms with E-state index < -0.39 is 47.9 Å². The highest BCUT2D eigenvalue weighted by molar-refractivity contribution is 5.94. The fourth-order valence-electron chi connectivity index (χ4n) is 3.19. The highest BCUT2D eigenvalue weighted by atomic mass is 16.4. The predicted molar refractivity (Wildman–Crippen MR) is 128 cm³/mol. The van der Waals surface area contributed by atoms with Gasteiger partial charge < -0.3 is 31.9 Å². The number of benzene rings is 1. The molecule has 0 bridgehead atoms. The van der Waals surface area contributed by atoms with Crippen LogP contribution >= 0.6 is 0 Å². The summed E-state index contributed by atoms with van der Waals surface area (Å²) in [7, 11) is 0.